The lowest BCUT2D eigenvalue weighted by molar-refractivity contribution is -0.144. The number of ether oxygens (including phenoxy) is 1. The highest BCUT2D eigenvalue weighted by molar-refractivity contribution is 6.30. The number of benzene rings is 2. The fourth-order valence-corrected chi connectivity index (χ4v) is 5.73. The van der Waals surface area contributed by atoms with Crippen molar-refractivity contribution in [1.82, 2.24) is 20.9 Å². The lowest BCUT2D eigenvalue weighted by atomic mass is 9.83. The average Bonchev–Trinajstić information content (AvgIpc) is 3.00. The van der Waals surface area contributed by atoms with E-state index in [1.807, 2.05) is 36.4 Å². The van der Waals surface area contributed by atoms with Crippen molar-refractivity contribution in [3.05, 3.63) is 70.8 Å². The third-order valence-electron chi connectivity index (χ3n) is 8.00. The van der Waals surface area contributed by atoms with Gasteiger partial charge in [0.25, 0.3) is 0 Å². The summed E-state index contributed by atoms with van der Waals surface area (Å²) in [6.45, 7) is 0.433. The van der Waals surface area contributed by atoms with E-state index in [1.165, 1.54) is 11.9 Å². The van der Waals surface area contributed by atoms with Crippen molar-refractivity contribution in [1.29, 1.82) is 0 Å². The fraction of sp³-hybridized carbons (Fsp3) is 0.469. The van der Waals surface area contributed by atoms with E-state index >= 15 is 0 Å². The van der Waals surface area contributed by atoms with E-state index in [-0.39, 0.29) is 30.7 Å². The first-order chi connectivity index (χ1) is 20.4. The zero-order valence-electron chi connectivity index (χ0n) is 24.1. The number of carbonyl (C=O) groups is 3. The summed E-state index contributed by atoms with van der Waals surface area (Å²) < 4.78 is 6.06. The van der Waals surface area contributed by atoms with Gasteiger partial charge in [-0.05, 0) is 42.5 Å². The number of hydrogen-bond donors (Lipinski definition) is 4. The van der Waals surface area contributed by atoms with Crippen LogP contribution in [0.4, 0.5) is 0 Å². The van der Waals surface area contributed by atoms with Crippen LogP contribution in [0.1, 0.15) is 43.2 Å². The van der Waals surface area contributed by atoms with Crippen LogP contribution >= 0.6 is 11.6 Å². The summed E-state index contributed by atoms with van der Waals surface area (Å²) in [5, 5.41) is 19.9. The number of rotatable bonds is 4. The number of nitrogens with zero attached hydrogens (tertiary/aromatic N) is 1. The molecule has 0 radical (unpaired) electrons. The zero-order chi connectivity index (χ0) is 29.9. The van der Waals surface area contributed by atoms with E-state index in [1.54, 1.807) is 24.3 Å². The first-order valence-electron chi connectivity index (χ1n) is 14.7. The number of aliphatic hydroxyl groups is 1. The van der Waals surface area contributed by atoms with Crippen LogP contribution in [0.25, 0.3) is 6.08 Å². The Morgan fingerprint density at radius 1 is 1.00 bits per heavy atom. The Bertz CT molecular complexity index is 1230. The van der Waals surface area contributed by atoms with Gasteiger partial charge < -0.3 is 30.7 Å². The predicted octanol–water partition coefficient (Wildman–Crippen LogP) is 2.95. The molecule has 226 valence electrons. The molecule has 4 rings (SSSR count). The van der Waals surface area contributed by atoms with Gasteiger partial charge in [0.2, 0.25) is 17.7 Å². The molecule has 2 aromatic carbocycles. The SMILES string of the molecule is CN1C(=O)[C@H](C2CCCCC2)NCCOc2ccccc2/C=C/CNC(=O)[C@@H](Cc2ccc(Cl)cc2)NC(=O)[C@@H]1CO. The van der Waals surface area contributed by atoms with Crippen LogP contribution in [0, 0.1) is 5.92 Å². The van der Waals surface area contributed by atoms with Gasteiger partial charge in [-0.25, -0.2) is 0 Å². The molecule has 1 fully saturated rings. The summed E-state index contributed by atoms with van der Waals surface area (Å²) in [7, 11) is 1.53. The van der Waals surface area contributed by atoms with Gasteiger partial charge in [0.15, 0.2) is 0 Å². The Labute approximate surface area is 252 Å². The summed E-state index contributed by atoms with van der Waals surface area (Å²) in [6, 6.07) is 12.0. The van der Waals surface area contributed by atoms with E-state index in [9.17, 15) is 19.5 Å². The Kier molecular flexibility index (Phi) is 11.8. The second-order valence-electron chi connectivity index (χ2n) is 10.9. The van der Waals surface area contributed by atoms with Crippen molar-refractivity contribution < 1.29 is 24.2 Å². The van der Waals surface area contributed by atoms with Gasteiger partial charge in [-0.3, -0.25) is 14.4 Å². The molecule has 0 bridgehead atoms. The average molecular weight is 597 g/mol. The molecule has 1 heterocycles. The van der Waals surface area contributed by atoms with Crippen molar-refractivity contribution >= 4 is 35.4 Å². The maximum absolute atomic E-state index is 13.9. The van der Waals surface area contributed by atoms with Crippen LogP contribution in [-0.2, 0) is 20.8 Å². The Hall–Kier alpha value is -3.40. The van der Waals surface area contributed by atoms with Crippen molar-refractivity contribution in [3.63, 3.8) is 0 Å². The van der Waals surface area contributed by atoms with Gasteiger partial charge in [-0.15, -0.1) is 0 Å². The molecule has 3 amide bonds. The van der Waals surface area contributed by atoms with E-state index in [4.69, 9.17) is 16.3 Å². The highest BCUT2D eigenvalue weighted by atomic mass is 35.5. The monoisotopic (exact) mass is 596 g/mol. The highest BCUT2D eigenvalue weighted by Gasteiger charge is 2.36. The maximum Gasteiger partial charge on any atom is 0.245 e. The molecule has 0 spiro atoms. The predicted molar refractivity (Wildman–Crippen MR) is 163 cm³/mol. The van der Waals surface area contributed by atoms with Gasteiger partial charge in [-0.1, -0.05) is 73.3 Å². The molecule has 10 heteroatoms. The van der Waals surface area contributed by atoms with Crippen molar-refractivity contribution in [2.75, 3.05) is 33.4 Å². The number of para-hydroxylation sites is 1. The number of likely N-dealkylation sites (N-methyl/N-ethyl adjacent to an activating group) is 1. The molecular weight excluding hydrogens is 556 g/mol. The quantitative estimate of drug-likeness (QED) is 0.431. The van der Waals surface area contributed by atoms with Gasteiger partial charge in [0, 0.05) is 37.1 Å². The molecule has 9 nitrogen and oxygen atoms in total. The lowest BCUT2D eigenvalue weighted by Crippen LogP contribution is -2.59. The number of hydrogen-bond acceptors (Lipinski definition) is 6. The van der Waals surface area contributed by atoms with Crippen molar-refractivity contribution in [2.45, 2.75) is 56.7 Å². The third-order valence-corrected chi connectivity index (χ3v) is 8.25. The molecule has 3 atom stereocenters. The molecule has 1 saturated carbocycles. The molecular formula is C32H41ClN4O5. The number of halogens is 1. The van der Waals surface area contributed by atoms with Crippen molar-refractivity contribution in [3.8, 4) is 5.75 Å². The summed E-state index contributed by atoms with van der Waals surface area (Å²) in [6.07, 6.45) is 8.95. The summed E-state index contributed by atoms with van der Waals surface area (Å²) in [4.78, 5) is 42.0. The molecule has 1 aliphatic heterocycles. The second-order valence-corrected chi connectivity index (χ2v) is 11.3. The van der Waals surface area contributed by atoms with Crippen LogP contribution in [0.5, 0.6) is 5.75 Å². The Morgan fingerprint density at radius 2 is 1.74 bits per heavy atom. The van der Waals surface area contributed by atoms with Gasteiger partial charge in [0.05, 0.1) is 12.6 Å². The maximum atomic E-state index is 13.9. The first-order valence-corrected chi connectivity index (χ1v) is 15.1. The minimum absolute atomic E-state index is 0.111. The molecule has 4 N–H and O–H groups in total. The highest BCUT2D eigenvalue weighted by Crippen LogP contribution is 2.28. The second kappa shape index (κ2) is 15.7. The van der Waals surface area contributed by atoms with Crippen LogP contribution in [0.2, 0.25) is 5.02 Å². The molecule has 2 aliphatic rings. The normalized spacial score (nSPS) is 24.4. The lowest BCUT2D eigenvalue weighted by Gasteiger charge is -2.35. The molecule has 1 aliphatic carbocycles. The Morgan fingerprint density at radius 3 is 2.48 bits per heavy atom. The molecule has 0 aromatic heterocycles. The molecule has 0 saturated heterocycles. The number of carbonyl (C=O) groups excluding carboxylic acids is 3. The van der Waals surface area contributed by atoms with E-state index in [2.05, 4.69) is 16.0 Å². The van der Waals surface area contributed by atoms with E-state index in [0.717, 1.165) is 43.2 Å². The molecule has 2 aromatic rings. The minimum Gasteiger partial charge on any atom is -0.492 e. The standard InChI is InChI=1S/C32H41ClN4O5/c1-37-27(21-38)31(40)36-26(20-22-13-15-25(33)16-14-22)30(39)35-17-7-11-23-8-5-6-12-28(23)42-19-18-34-29(32(37)41)24-9-3-2-4-10-24/h5-8,11-16,24,26-27,29,34,38H,2-4,9-10,17-21H2,1H3,(H,35,39)(H,36,40)/b11-7+/t26-,27+,29+/m1/s1. The smallest absolute Gasteiger partial charge is 0.245 e. The number of amides is 3. The third kappa shape index (κ3) is 8.56. The zero-order valence-corrected chi connectivity index (χ0v) is 24.8. The van der Waals surface area contributed by atoms with E-state index < -0.39 is 30.6 Å². The van der Waals surface area contributed by atoms with Crippen LogP contribution in [0.15, 0.2) is 54.6 Å². The van der Waals surface area contributed by atoms with Crippen molar-refractivity contribution in [2.24, 2.45) is 5.92 Å². The van der Waals surface area contributed by atoms with Crippen LogP contribution in [0.3, 0.4) is 0 Å². The van der Waals surface area contributed by atoms with Crippen LogP contribution in [-0.4, -0.2) is 79.2 Å². The number of fused-ring (bicyclic) bond motifs is 1. The summed E-state index contributed by atoms with van der Waals surface area (Å²) >= 11 is 6.04. The number of nitrogens with one attached hydrogen (secondary N) is 3. The summed E-state index contributed by atoms with van der Waals surface area (Å²) in [5.74, 6) is -0.437. The van der Waals surface area contributed by atoms with Gasteiger partial charge in [-0.2, -0.15) is 0 Å². The Balaban J connectivity index is 1.62. The van der Waals surface area contributed by atoms with Gasteiger partial charge in [0.1, 0.15) is 24.4 Å². The first kappa shape index (κ1) is 31.5. The fourth-order valence-electron chi connectivity index (χ4n) is 5.60. The van der Waals surface area contributed by atoms with E-state index in [0.29, 0.717) is 23.9 Å². The number of aliphatic hydroxyl groups excluding tert-OH is 1. The van der Waals surface area contributed by atoms with Crippen LogP contribution < -0.4 is 20.7 Å². The molecule has 0 unspecified atom stereocenters. The minimum atomic E-state index is -1.16. The summed E-state index contributed by atoms with van der Waals surface area (Å²) in [5.41, 5.74) is 1.67. The van der Waals surface area contributed by atoms with Gasteiger partial charge >= 0.3 is 0 Å². The topological polar surface area (TPSA) is 120 Å². The largest absolute Gasteiger partial charge is 0.492 e. The molecule has 42 heavy (non-hydrogen) atoms.